The number of hydrogen-bond acceptors (Lipinski definition) is 4. The van der Waals surface area contributed by atoms with E-state index in [1.165, 1.54) is 17.5 Å². The summed E-state index contributed by atoms with van der Waals surface area (Å²) in [7, 11) is -1.25. The molecule has 1 fully saturated rings. The zero-order valence-electron chi connectivity index (χ0n) is 20.6. The number of fused-ring (bicyclic) bond motifs is 1. The first-order chi connectivity index (χ1) is 16.3. The summed E-state index contributed by atoms with van der Waals surface area (Å²) >= 11 is 0. The highest BCUT2D eigenvalue weighted by Gasteiger charge is 2.54. The van der Waals surface area contributed by atoms with Crippen LogP contribution in [0.5, 0.6) is 0 Å². The van der Waals surface area contributed by atoms with Crippen molar-refractivity contribution in [2.45, 2.75) is 57.0 Å². The maximum absolute atomic E-state index is 12.4. The van der Waals surface area contributed by atoms with Gasteiger partial charge in [-0.05, 0) is 34.2 Å². The Morgan fingerprint density at radius 2 is 1.65 bits per heavy atom. The van der Waals surface area contributed by atoms with Crippen LogP contribution in [0.4, 0.5) is 0 Å². The third kappa shape index (κ3) is 4.44. The van der Waals surface area contributed by atoms with E-state index in [1.54, 1.807) is 0 Å². The van der Waals surface area contributed by atoms with Crippen molar-refractivity contribution >= 4 is 24.7 Å². The molecule has 180 valence electrons. The number of carbonyl (C=O) groups is 1. The van der Waals surface area contributed by atoms with E-state index in [9.17, 15) is 4.79 Å². The molecule has 0 saturated carbocycles. The summed E-state index contributed by atoms with van der Waals surface area (Å²) in [5.41, 5.74) is 0. The van der Waals surface area contributed by atoms with Crippen molar-refractivity contribution in [3.05, 3.63) is 85.5 Å². The van der Waals surface area contributed by atoms with Crippen LogP contribution in [0.3, 0.4) is 0 Å². The summed E-state index contributed by atoms with van der Waals surface area (Å²) in [5, 5.41) is 2.44. The summed E-state index contributed by atoms with van der Waals surface area (Å²) in [6.45, 7) is 10.8. The van der Waals surface area contributed by atoms with Crippen LogP contribution in [0.2, 0.25) is 5.04 Å². The van der Waals surface area contributed by atoms with Crippen LogP contribution in [0.25, 0.3) is 0 Å². The number of hydrogen-bond donors (Lipinski definition) is 0. The summed E-state index contributed by atoms with van der Waals surface area (Å²) in [6.07, 6.45) is 6.95. The Morgan fingerprint density at radius 1 is 1.06 bits per heavy atom. The molecule has 0 amide bonds. The number of methoxy groups -OCH3 is 1. The molecule has 0 aromatic heterocycles. The van der Waals surface area contributed by atoms with Gasteiger partial charge in [-0.2, -0.15) is 0 Å². The maximum atomic E-state index is 12.4. The Balaban J connectivity index is 1.74. The molecule has 1 aliphatic carbocycles. The van der Waals surface area contributed by atoms with Crippen LogP contribution in [-0.2, 0) is 18.7 Å². The van der Waals surface area contributed by atoms with Gasteiger partial charge in [-0.25, -0.2) is 4.79 Å². The van der Waals surface area contributed by atoms with Crippen molar-refractivity contribution < 1.29 is 18.7 Å². The first-order valence-corrected chi connectivity index (χ1v) is 14.0. The molecule has 4 nitrogen and oxygen atoms in total. The predicted molar refractivity (Wildman–Crippen MR) is 139 cm³/mol. The molecule has 0 N–H and O–H groups in total. The monoisotopic (exact) mass is 476 g/mol. The molecule has 0 bridgehead atoms. The Bertz CT molecular complexity index is 972. The average molecular weight is 477 g/mol. The summed E-state index contributed by atoms with van der Waals surface area (Å²) in [6, 6.07) is 21.4. The van der Waals surface area contributed by atoms with E-state index in [0.29, 0.717) is 6.42 Å². The first-order valence-electron chi connectivity index (χ1n) is 12.1. The van der Waals surface area contributed by atoms with Crippen molar-refractivity contribution in [3.63, 3.8) is 0 Å². The standard InChI is InChI=1S/C29H36O4Si/c1-6-13-26-25-20-21(18-19-24(25)27(32-26)28(30)31-5)33-34(29(2,3)4,22-14-9-7-10-15-22)23-16-11-8-12-17-23/h6-12,14-19,21,24-27H,1,13,20H2,2-5H3/t21-,24+,25-,26+,27-/m0/s1. The van der Waals surface area contributed by atoms with Gasteiger partial charge < -0.3 is 13.9 Å². The molecule has 0 radical (unpaired) electrons. The van der Waals surface area contributed by atoms with Crippen molar-refractivity contribution in [2.75, 3.05) is 7.11 Å². The molecule has 0 unspecified atom stereocenters. The van der Waals surface area contributed by atoms with Crippen LogP contribution in [0.1, 0.15) is 33.6 Å². The molecule has 4 rings (SSSR count). The van der Waals surface area contributed by atoms with Gasteiger partial charge in [-0.15, -0.1) is 6.58 Å². The molecule has 5 heteroatoms. The van der Waals surface area contributed by atoms with Gasteiger partial charge in [0, 0.05) is 5.92 Å². The lowest BCUT2D eigenvalue weighted by molar-refractivity contribution is -0.154. The molecule has 1 heterocycles. The fourth-order valence-electron chi connectivity index (χ4n) is 5.73. The highest BCUT2D eigenvalue weighted by atomic mass is 28.4. The maximum Gasteiger partial charge on any atom is 0.335 e. The second-order valence-corrected chi connectivity index (χ2v) is 14.6. The Labute approximate surface area is 204 Å². The zero-order chi connectivity index (χ0) is 24.3. The van der Waals surface area contributed by atoms with E-state index >= 15 is 0 Å². The number of rotatable bonds is 7. The minimum atomic E-state index is -2.67. The molecule has 2 aromatic carbocycles. The second kappa shape index (κ2) is 10.0. The first kappa shape index (κ1) is 24.6. The SMILES string of the molecule is C=CC[C@H]1O[C@H](C(=O)OC)[C@@H]2C=C[C@H](O[Si](c3ccccc3)(c3ccccc3)C(C)(C)C)C[C@@H]21. The van der Waals surface area contributed by atoms with E-state index in [4.69, 9.17) is 13.9 Å². The molecular weight excluding hydrogens is 440 g/mol. The molecule has 2 aliphatic rings. The highest BCUT2D eigenvalue weighted by Crippen LogP contribution is 2.44. The fraction of sp³-hybridized carbons (Fsp3) is 0.414. The van der Waals surface area contributed by atoms with Crippen molar-refractivity contribution in [1.29, 1.82) is 0 Å². The van der Waals surface area contributed by atoms with Crippen LogP contribution in [-0.4, -0.2) is 39.7 Å². The van der Waals surface area contributed by atoms with Crippen molar-refractivity contribution in [3.8, 4) is 0 Å². The molecule has 1 aliphatic heterocycles. The Kier molecular flexibility index (Phi) is 7.27. The van der Waals surface area contributed by atoms with Crippen LogP contribution < -0.4 is 10.4 Å². The van der Waals surface area contributed by atoms with Crippen molar-refractivity contribution in [1.82, 2.24) is 0 Å². The second-order valence-electron chi connectivity index (χ2n) is 10.3. The van der Waals surface area contributed by atoms with E-state index in [0.717, 1.165) is 6.42 Å². The Hall–Kier alpha value is -2.47. The number of esters is 1. The van der Waals surface area contributed by atoms with Gasteiger partial charge in [-0.1, -0.05) is 99.7 Å². The smallest absolute Gasteiger partial charge is 0.335 e. The van der Waals surface area contributed by atoms with Gasteiger partial charge in [0.05, 0.1) is 19.3 Å². The number of benzene rings is 2. The Morgan fingerprint density at radius 3 is 2.15 bits per heavy atom. The highest BCUT2D eigenvalue weighted by molar-refractivity contribution is 6.99. The van der Waals surface area contributed by atoms with Gasteiger partial charge in [0.2, 0.25) is 0 Å². The van der Waals surface area contributed by atoms with Gasteiger partial charge in [0.1, 0.15) is 0 Å². The van der Waals surface area contributed by atoms with Crippen LogP contribution in [0, 0.1) is 11.8 Å². The van der Waals surface area contributed by atoms with Crippen LogP contribution in [0.15, 0.2) is 85.5 Å². The number of carbonyl (C=O) groups excluding carboxylic acids is 1. The molecule has 2 aromatic rings. The van der Waals surface area contributed by atoms with E-state index in [-0.39, 0.29) is 35.1 Å². The minimum Gasteiger partial charge on any atom is -0.467 e. The third-order valence-corrected chi connectivity index (χ3v) is 12.3. The topological polar surface area (TPSA) is 44.8 Å². The lowest BCUT2D eigenvalue weighted by atomic mass is 9.78. The lowest BCUT2D eigenvalue weighted by Gasteiger charge is -2.46. The molecule has 1 saturated heterocycles. The van der Waals surface area contributed by atoms with Crippen LogP contribution >= 0.6 is 0 Å². The largest absolute Gasteiger partial charge is 0.467 e. The van der Waals surface area contributed by atoms with Gasteiger partial charge >= 0.3 is 5.97 Å². The molecular formula is C29H36O4Si. The van der Waals surface area contributed by atoms with E-state index < -0.39 is 14.4 Å². The van der Waals surface area contributed by atoms with Gasteiger partial charge in [0.15, 0.2) is 6.10 Å². The molecule has 0 spiro atoms. The average Bonchev–Trinajstić information content (AvgIpc) is 3.20. The molecule has 5 atom stereocenters. The minimum absolute atomic E-state index is 0.00333. The molecule has 34 heavy (non-hydrogen) atoms. The third-order valence-electron chi connectivity index (χ3n) is 7.27. The fourth-order valence-corrected chi connectivity index (χ4v) is 10.4. The zero-order valence-corrected chi connectivity index (χ0v) is 21.6. The van der Waals surface area contributed by atoms with Crippen molar-refractivity contribution in [2.24, 2.45) is 11.8 Å². The summed E-state index contributed by atoms with van der Waals surface area (Å²) < 4.78 is 18.5. The normalized spacial score (nSPS) is 26.6. The van der Waals surface area contributed by atoms with E-state index in [1.807, 2.05) is 6.08 Å². The quantitative estimate of drug-likeness (QED) is 0.332. The summed E-state index contributed by atoms with van der Waals surface area (Å²) in [4.78, 5) is 12.4. The van der Waals surface area contributed by atoms with E-state index in [2.05, 4.69) is 100 Å². The summed E-state index contributed by atoms with van der Waals surface area (Å²) in [5.74, 6) is -0.135. The van der Waals surface area contributed by atoms with Gasteiger partial charge in [-0.3, -0.25) is 0 Å². The number of ether oxygens (including phenoxy) is 2. The van der Waals surface area contributed by atoms with Gasteiger partial charge in [0.25, 0.3) is 8.32 Å². The predicted octanol–water partition coefficient (Wildman–Crippen LogP) is 4.64. The lowest BCUT2D eigenvalue weighted by Crippen LogP contribution is -2.67.